The molecule has 1 aromatic rings. The fourth-order valence-corrected chi connectivity index (χ4v) is 2.45. The fourth-order valence-electron chi connectivity index (χ4n) is 2.45. The Morgan fingerprint density at radius 2 is 1.88 bits per heavy atom. The summed E-state index contributed by atoms with van der Waals surface area (Å²) in [5.41, 5.74) is 2.87. The summed E-state index contributed by atoms with van der Waals surface area (Å²) in [6, 6.07) is 9.76. The number of nitrogens with one attached hydrogen (secondary N) is 1. The molecule has 94 valence electrons. The van der Waals surface area contributed by atoms with E-state index in [0.29, 0.717) is 6.04 Å². The molecule has 1 aliphatic rings. The van der Waals surface area contributed by atoms with E-state index >= 15 is 0 Å². The van der Waals surface area contributed by atoms with Gasteiger partial charge in [0.2, 0.25) is 0 Å². The molecule has 1 aromatic carbocycles. The highest BCUT2D eigenvalue weighted by atomic mass is 15.2. The molecule has 1 fully saturated rings. The Kier molecular flexibility index (Phi) is 4.57. The van der Waals surface area contributed by atoms with Crippen LogP contribution in [0.15, 0.2) is 24.3 Å². The van der Waals surface area contributed by atoms with E-state index in [-0.39, 0.29) is 0 Å². The molecule has 2 heteroatoms. The highest BCUT2D eigenvalue weighted by Crippen LogP contribution is 2.10. The Morgan fingerprint density at radius 1 is 1.18 bits per heavy atom. The molecule has 0 bridgehead atoms. The van der Waals surface area contributed by atoms with Crippen LogP contribution in [0.25, 0.3) is 0 Å². The standard InChI is InChI=1S/C15H24N2/c1-3-13-5-7-14(8-6-13)11-17-10-9-16-15(4-2)12-17/h5-8,15-16H,3-4,9-12H2,1-2H3. The van der Waals surface area contributed by atoms with Crippen molar-refractivity contribution in [2.24, 2.45) is 0 Å². The minimum Gasteiger partial charge on any atom is -0.311 e. The molecular formula is C15H24N2. The van der Waals surface area contributed by atoms with Gasteiger partial charge in [-0.25, -0.2) is 0 Å². The van der Waals surface area contributed by atoms with E-state index in [9.17, 15) is 0 Å². The van der Waals surface area contributed by atoms with Crippen LogP contribution in [0.1, 0.15) is 31.4 Å². The summed E-state index contributed by atoms with van der Waals surface area (Å²) in [6.45, 7) is 9.06. The zero-order valence-electron chi connectivity index (χ0n) is 11.1. The van der Waals surface area contributed by atoms with Crippen molar-refractivity contribution in [1.29, 1.82) is 0 Å². The number of benzene rings is 1. The van der Waals surface area contributed by atoms with Crippen LogP contribution in [0.3, 0.4) is 0 Å². The van der Waals surface area contributed by atoms with Crippen LogP contribution in [-0.2, 0) is 13.0 Å². The van der Waals surface area contributed by atoms with E-state index in [1.165, 1.54) is 30.6 Å². The minimum absolute atomic E-state index is 0.679. The largest absolute Gasteiger partial charge is 0.311 e. The first-order chi connectivity index (χ1) is 8.31. The monoisotopic (exact) mass is 232 g/mol. The molecule has 0 aromatic heterocycles. The van der Waals surface area contributed by atoms with E-state index in [2.05, 4.69) is 48.3 Å². The molecule has 2 nitrogen and oxygen atoms in total. The van der Waals surface area contributed by atoms with E-state index in [1.807, 2.05) is 0 Å². The molecule has 0 amide bonds. The molecule has 2 rings (SSSR count). The molecule has 0 aliphatic carbocycles. The fraction of sp³-hybridized carbons (Fsp3) is 0.600. The van der Waals surface area contributed by atoms with Gasteiger partial charge in [0.05, 0.1) is 0 Å². The summed E-state index contributed by atoms with van der Waals surface area (Å²) in [5, 5.41) is 3.56. The van der Waals surface area contributed by atoms with Gasteiger partial charge in [0.15, 0.2) is 0 Å². The van der Waals surface area contributed by atoms with Crippen molar-refractivity contribution >= 4 is 0 Å². The topological polar surface area (TPSA) is 15.3 Å². The zero-order valence-corrected chi connectivity index (χ0v) is 11.1. The molecule has 1 atom stereocenters. The van der Waals surface area contributed by atoms with Gasteiger partial charge in [0.1, 0.15) is 0 Å². The first-order valence-corrected chi connectivity index (χ1v) is 6.85. The van der Waals surface area contributed by atoms with Crippen LogP contribution in [-0.4, -0.2) is 30.6 Å². The van der Waals surface area contributed by atoms with Gasteiger partial charge in [0.25, 0.3) is 0 Å². The normalized spacial score (nSPS) is 21.6. The Morgan fingerprint density at radius 3 is 2.53 bits per heavy atom. The van der Waals surface area contributed by atoms with Crippen LogP contribution in [0, 0.1) is 0 Å². The lowest BCUT2D eigenvalue weighted by Gasteiger charge is -2.33. The molecule has 1 heterocycles. The Labute approximate surface area is 105 Å². The highest BCUT2D eigenvalue weighted by molar-refractivity contribution is 5.22. The maximum absolute atomic E-state index is 3.56. The number of nitrogens with zero attached hydrogens (tertiary/aromatic N) is 1. The Balaban J connectivity index is 1.90. The number of hydrogen-bond acceptors (Lipinski definition) is 2. The van der Waals surface area contributed by atoms with Gasteiger partial charge < -0.3 is 5.32 Å². The molecule has 0 spiro atoms. The van der Waals surface area contributed by atoms with Gasteiger partial charge in [-0.3, -0.25) is 4.90 Å². The lowest BCUT2D eigenvalue weighted by atomic mass is 10.1. The molecule has 1 unspecified atom stereocenters. The summed E-state index contributed by atoms with van der Waals surface area (Å²) in [6.07, 6.45) is 2.36. The number of hydrogen-bond donors (Lipinski definition) is 1. The Hall–Kier alpha value is -0.860. The van der Waals surface area contributed by atoms with Crippen LogP contribution in [0.5, 0.6) is 0 Å². The second-order valence-corrected chi connectivity index (χ2v) is 4.96. The summed E-state index contributed by atoms with van der Waals surface area (Å²) in [4.78, 5) is 2.56. The average molecular weight is 232 g/mol. The highest BCUT2D eigenvalue weighted by Gasteiger charge is 2.17. The van der Waals surface area contributed by atoms with E-state index in [0.717, 1.165) is 19.5 Å². The first-order valence-electron chi connectivity index (χ1n) is 6.85. The van der Waals surface area contributed by atoms with Crippen molar-refractivity contribution < 1.29 is 0 Å². The van der Waals surface area contributed by atoms with Crippen LogP contribution < -0.4 is 5.32 Å². The van der Waals surface area contributed by atoms with Gasteiger partial charge >= 0.3 is 0 Å². The van der Waals surface area contributed by atoms with Crippen molar-refractivity contribution in [3.8, 4) is 0 Å². The number of piperazine rings is 1. The second kappa shape index (κ2) is 6.18. The maximum Gasteiger partial charge on any atom is 0.0234 e. The smallest absolute Gasteiger partial charge is 0.0234 e. The van der Waals surface area contributed by atoms with Crippen molar-refractivity contribution in [3.63, 3.8) is 0 Å². The first kappa shape index (κ1) is 12.6. The SMILES string of the molecule is CCc1ccc(CN2CCNC(CC)C2)cc1. The number of rotatable bonds is 4. The molecule has 1 N–H and O–H groups in total. The predicted molar refractivity (Wildman–Crippen MR) is 73.2 cm³/mol. The predicted octanol–water partition coefficient (Wildman–Crippen LogP) is 2.43. The van der Waals surface area contributed by atoms with Gasteiger partial charge in [-0.05, 0) is 24.0 Å². The minimum atomic E-state index is 0.679. The van der Waals surface area contributed by atoms with Crippen LogP contribution >= 0.6 is 0 Å². The van der Waals surface area contributed by atoms with E-state index < -0.39 is 0 Å². The molecular weight excluding hydrogens is 208 g/mol. The van der Waals surface area contributed by atoms with Gasteiger partial charge in [0, 0.05) is 32.2 Å². The molecule has 0 saturated carbocycles. The zero-order chi connectivity index (χ0) is 12.1. The Bertz CT molecular complexity index is 331. The third kappa shape index (κ3) is 3.55. The molecule has 17 heavy (non-hydrogen) atoms. The summed E-state index contributed by atoms with van der Waals surface area (Å²) >= 11 is 0. The third-order valence-electron chi connectivity index (χ3n) is 3.67. The maximum atomic E-state index is 3.56. The average Bonchev–Trinajstić information content (AvgIpc) is 2.40. The van der Waals surface area contributed by atoms with Crippen LogP contribution in [0.4, 0.5) is 0 Å². The van der Waals surface area contributed by atoms with Crippen molar-refractivity contribution in [1.82, 2.24) is 10.2 Å². The van der Waals surface area contributed by atoms with Crippen molar-refractivity contribution in [3.05, 3.63) is 35.4 Å². The molecule has 1 aliphatic heterocycles. The van der Waals surface area contributed by atoms with Crippen molar-refractivity contribution in [2.45, 2.75) is 39.3 Å². The number of aryl methyl sites for hydroxylation is 1. The second-order valence-electron chi connectivity index (χ2n) is 4.96. The lowest BCUT2D eigenvalue weighted by molar-refractivity contribution is 0.190. The lowest BCUT2D eigenvalue weighted by Crippen LogP contribution is -2.49. The van der Waals surface area contributed by atoms with Gasteiger partial charge in [-0.1, -0.05) is 38.1 Å². The van der Waals surface area contributed by atoms with E-state index in [1.54, 1.807) is 0 Å². The molecule has 0 radical (unpaired) electrons. The summed E-state index contributed by atoms with van der Waals surface area (Å²) in [7, 11) is 0. The van der Waals surface area contributed by atoms with Crippen molar-refractivity contribution in [2.75, 3.05) is 19.6 Å². The van der Waals surface area contributed by atoms with Crippen LogP contribution in [0.2, 0.25) is 0 Å². The van der Waals surface area contributed by atoms with E-state index in [4.69, 9.17) is 0 Å². The summed E-state index contributed by atoms with van der Waals surface area (Å²) in [5.74, 6) is 0. The summed E-state index contributed by atoms with van der Waals surface area (Å²) < 4.78 is 0. The molecule has 1 saturated heterocycles. The van der Waals surface area contributed by atoms with Gasteiger partial charge in [-0.2, -0.15) is 0 Å². The van der Waals surface area contributed by atoms with Gasteiger partial charge in [-0.15, -0.1) is 0 Å². The quantitative estimate of drug-likeness (QED) is 0.857. The third-order valence-corrected chi connectivity index (χ3v) is 3.67.